The number of benzene rings is 1. The molecule has 1 aromatic rings. The van der Waals surface area contributed by atoms with Crippen molar-refractivity contribution in [1.29, 1.82) is 0 Å². The fourth-order valence-electron chi connectivity index (χ4n) is 2.49. The van der Waals surface area contributed by atoms with Gasteiger partial charge in [0.15, 0.2) is 0 Å². The van der Waals surface area contributed by atoms with Crippen molar-refractivity contribution < 1.29 is 0 Å². The van der Waals surface area contributed by atoms with E-state index in [1.807, 2.05) is 0 Å². The van der Waals surface area contributed by atoms with Gasteiger partial charge in [0.2, 0.25) is 0 Å². The molecule has 1 aliphatic rings. The summed E-state index contributed by atoms with van der Waals surface area (Å²) in [5.74, 6) is 0. The number of hydrogen-bond acceptors (Lipinski definition) is 1. The highest BCUT2D eigenvalue weighted by Gasteiger charge is 2.21. The highest BCUT2D eigenvalue weighted by Crippen LogP contribution is 2.33. The standard InChI is InChI=1S/C16H25N/c1-5-6-10-17-11-9-13-7-8-14(12-15(13)17)16(2,3)4/h7-8,12H,5-6,9-11H2,1-4H3. The maximum Gasteiger partial charge on any atom is 0.0402 e. The third-order valence-corrected chi connectivity index (χ3v) is 3.72. The summed E-state index contributed by atoms with van der Waals surface area (Å²) < 4.78 is 0. The van der Waals surface area contributed by atoms with E-state index in [2.05, 4.69) is 50.8 Å². The van der Waals surface area contributed by atoms with Crippen LogP contribution in [0.3, 0.4) is 0 Å². The van der Waals surface area contributed by atoms with Gasteiger partial charge in [-0.25, -0.2) is 0 Å². The van der Waals surface area contributed by atoms with Crippen LogP contribution in [-0.4, -0.2) is 13.1 Å². The molecular formula is C16H25N. The molecule has 1 heterocycles. The SMILES string of the molecule is CCCCN1CCc2ccc(C(C)(C)C)cc21. The first kappa shape index (κ1) is 12.5. The molecule has 17 heavy (non-hydrogen) atoms. The monoisotopic (exact) mass is 231 g/mol. The first-order chi connectivity index (χ1) is 8.02. The fourth-order valence-corrected chi connectivity index (χ4v) is 2.49. The molecule has 94 valence electrons. The molecule has 0 radical (unpaired) electrons. The second-order valence-electron chi connectivity index (χ2n) is 6.18. The van der Waals surface area contributed by atoms with Crippen molar-refractivity contribution in [2.24, 2.45) is 0 Å². The maximum atomic E-state index is 2.56. The number of hydrogen-bond donors (Lipinski definition) is 0. The molecule has 1 nitrogen and oxygen atoms in total. The number of anilines is 1. The van der Waals surface area contributed by atoms with Crippen molar-refractivity contribution >= 4 is 5.69 Å². The second-order valence-corrected chi connectivity index (χ2v) is 6.18. The zero-order chi connectivity index (χ0) is 12.5. The molecule has 1 aliphatic heterocycles. The average Bonchev–Trinajstić information content (AvgIpc) is 2.67. The average molecular weight is 231 g/mol. The molecule has 2 rings (SSSR count). The van der Waals surface area contributed by atoms with Gasteiger partial charge < -0.3 is 4.90 Å². The topological polar surface area (TPSA) is 3.24 Å². The van der Waals surface area contributed by atoms with Crippen LogP contribution < -0.4 is 4.90 Å². The quantitative estimate of drug-likeness (QED) is 0.755. The van der Waals surface area contributed by atoms with Crippen LogP contribution in [0.2, 0.25) is 0 Å². The lowest BCUT2D eigenvalue weighted by molar-refractivity contribution is 0.590. The van der Waals surface area contributed by atoms with Crippen molar-refractivity contribution in [3.63, 3.8) is 0 Å². The molecule has 0 bridgehead atoms. The van der Waals surface area contributed by atoms with Crippen LogP contribution in [0.1, 0.15) is 51.7 Å². The molecule has 1 aromatic carbocycles. The summed E-state index contributed by atoms with van der Waals surface area (Å²) in [6, 6.07) is 7.06. The fraction of sp³-hybridized carbons (Fsp3) is 0.625. The smallest absolute Gasteiger partial charge is 0.0402 e. The molecule has 0 amide bonds. The van der Waals surface area contributed by atoms with Gasteiger partial charge >= 0.3 is 0 Å². The van der Waals surface area contributed by atoms with Crippen LogP contribution in [0, 0.1) is 0 Å². The minimum Gasteiger partial charge on any atom is -0.371 e. The molecule has 0 fully saturated rings. The summed E-state index contributed by atoms with van der Waals surface area (Å²) in [6.07, 6.45) is 3.81. The lowest BCUT2D eigenvalue weighted by Gasteiger charge is -2.23. The summed E-state index contributed by atoms with van der Waals surface area (Å²) >= 11 is 0. The van der Waals surface area contributed by atoms with Gasteiger partial charge in [-0.05, 0) is 35.4 Å². The number of rotatable bonds is 3. The zero-order valence-corrected chi connectivity index (χ0v) is 11.7. The van der Waals surface area contributed by atoms with Gasteiger partial charge in [-0.3, -0.25) is 0 Å². The van der Waals surface area contributed by atoms with E-state index in [4.69, 9.17) is 0 Å². The molecule has 1 heteroatoms. The number of fused-ring (bicyclic) bond motifs is 1. The first-order valence-corrected chi connectivity index (χ1v) is 6.90. The van der Waals surface area contributed by atoms with Crippen LogP contribution in [-0.2, 0) is 11.8 Å². The van der Waals surface area contributed by atoms with Gasteiger partial charge in [0.05, 0.1) is 0 Å². The Bertz CT molecular complexity index is 387. The van der Waals surface area contributed by atoms with E-state index < -0.39 is 0 Å². The van der Waals surface area contributed by atoms with E-state index in [0.717, 1.165) is 0 Å². The molecule has 0 spiro atoms. The summed E-state index contributed by atoms with van der Waals surface area (Å²) in [6.45, 7) is 11.6. The van der Waals surface area contributed by atoms with Crippen molar-refractivity contribution in [3.05, 3.63) is 29.3 Å². The van der Waals surface area contributed by atoms with Crippen LogP contribution in [0.4, 0.5) is 5.69 Å². The Morgan fingerprint density at radius 2 is 2.00 bits per heavy atom. The Hall–Kier alpha value is -0.980. The summed E-state index contributed by atoms with van der Waals surface area (Å²) in [7, 11) is 0. The van der Waals surface area contributed by atoms with Crippen molar-refractivity contribution in [2.45, 2.75) is 52.4 Å². The third kappa shape index (κ3) is 2.65. The molecular weight excluding hydrogens is 206 g/mol. The Morgan fingerprint density at radius 3 is 2.65 bits per heavy atom. The highest BCUT2D eigenvalue weighted by atomic mass is 15.1. The molecule has 0 saturated heterocycles. The minimum absolute atomic E-state index is 0.258. The normalized spacial score (nSPS) is 15.2. The van der Waals surface area contributed by atoms with Crippen LogP contribution in [0.15, 0.2) is 18.2 Å². The largest absolute Gasteiger partial charge is 0.371 e. The molecule has 0 saturated carbocycles. The van der Waals surface area contributed by atoms with Gasteiger partial charge in [-0.1, -0.05) is 46.2 Å². The minimum atomic E-state index is 0.258. The van der Waals surface area contributed by atoms with E-state index in [0.29, 0.717) is 0 Å². The lowest BCUT2D eigenvalue weighted by Crippen LogP contribution is -2.22. The van der Waals surface area contributed by atoms with E-state index in [1.54, 1.807) is 0 Å². The van der Waals surface area contributed by atoms with E-state index in [9.17, 15) is 0 Å². The van der Waals surface area contributed by atoms with E-state index >= 15 is 0 Å². The Labute approximate surface area is 106 Å². The predicted molar refractivity (Wildman–Crippen MR) is 76.0 cm³/mol. The van der Waals surface area contributed by atoms with Crippen LogP contribution in [0.25, 0.3) is 0 Å². The van der Waals surface area contributed by atoms with Crippen LogP contribution >= 0.6 is 0 Å². The predicted octanol–water partition coefficient (Wildman–Crippen LogP) is 4.15. The number of nitrogens with zero attached hydrogens (tertiary/aromatic N) is 1. The lowest BCUT2D eigenvalue weighted by atomic mass is 9.86. The van der Waals surface area contributed by atoms with Crippen LogP contribution in [0.5, 0.6) is 0 Å². The van der Waals surface area contributed by atoms with Gasteiger partial charge in [0.25, 0.3) is 0 Å². The Kier molecular flexibility index (Phi) is 3.46. The third-order valence-electron chi connectivity index (χ3n) is 3.72. The molecule has 0 N–H and O–H groups in total. The molecule has 0 aromatic heterocycles. The Morgan fingerprint density at radius 1 is 1.24 bits per heavy atom. The zero-order valence-electron chi connectivity index (χ0n) is 11.7. The summed E-state index contributed by atoms with van der Waals surface area (Å²) in [4.78, 5) is 2.56. The van der Waals surface area contributed by atoms with Gasteiger partial charge in [-0.15, -0.1) is 0 Å². The summed E-state index contributed by atoms with van der Waals surface area (Å²) in [5.41, 5.74) is 4.74. The summed E-state index contributed by atoms with van der Waals surface area (Å²) in [5, 5.41) is 0. The van der Waals surface area contributed by atoms with Crippen molar-refractivity contribution in [3.8, 4) is 0 Å². The van der Waals surface area contributed by atoms with Crippen molar-refractivity contribution in [1.82, 2.24) is 0 Å². The van der Waals surface area contributed by atoms with Gasteiger partial charge in [0, 0.05) is 18.8 Å². The molecule has 0 atom stereocenters. The van der Waals surface area contributed by atoms with Gasteiger partial charge in [-0.2, -0.15) is 0 Å². The Balaban J connectivity index is 2.24. The molecule has 0 aliphatic carbocycles. The maximum absolute atomic E-state index is 2.56. The highest BCUT2D eigenvalue weighted by molar-refractivity contribution is 5.60. The van der Waals surface area contributed by atoms with Crippen molar-refractivity contribution in [2.75, 3.05) is 18.0 Å². The molecule has 0 unspecified atom stereocenters. The second kappa shape index (κ2) is 4.72. The number of unbranched alkanes of at least 4 members (excludes halogenated alkanes) is 1. The van der Waals surface area contributed by atoms with E-state index in [-0.39, 0.29) is 5.41 Å². The van der Waals surface area contributed by atoms with Gasteiger partial charge in [0.1, 0.15) is 0 Å². The first-order valence-electron chi connectivity index (χ1n) is 6.90. The van der Waals surface area contributed by atoms with E-state index in [1.165, 1.54) is 49.2 Å².